The number of carbonyl (C=O) groups excluding carboxylic acids is 1. The van der Waals surface area contributed by atoms with Gasteiger partial charge in [0.25, 0.3) is 5.91 Å². The van der Waals surface area contributed by atoms with Gasteiger partial charge in [0.05, 0.1) is 5.60 Å². The van der Waals surface area contributed by atoms with Gasteiger partial charge in [0, 0.05) is 31.2 Å². The predicted octanol–water partition coefficient (Wildman–Crippen LogP) is 3.57. The molecule has 1 amide bonds. The zero-order valence-electron chi connectivity index (χ0n) is 17.2. The second-order valence-corrected chi connectivity index (χ2v) is 8.64. The van der Waals surface area contributed by atoms with Gasteiger partial charge >= 0.3 is 0 Å². The Morgan fingerprint density at radius 3 is 2.68 bits per heavy atom. The summed E-state index contributed by atoms with van der Waals surface area (Å²) in [6.07, 6.45) is 2.50. The van der Waals surface area contributed by atoms with Crippen molar-refractivity contribution in [3.63, 3.8) is 0 Å². The summed E-state index contributed by atoms with van der Waals surface area (Å²) >= 11 is 0. The van der Waals surface area contributed by atoms with E-state index in [1.165, 1.54) is 11.1 Å². The summed E-state index contributed by atoms with van der Waals surface area (Å²) in [5.74, 6) is -0.0324. The highest BCUT2D eigenvalue weighted by molar-refractivity contribution is 5.94. The molecule has 1 aliphatic heterocycles. The number of carbonyl (C=O) groups is 1. The van der Waals surface area contributed by atoms with Crippen LogP contribution in [0.5, 0.6) is 0 Å². The minimum absolute atomic E-state index is 0.0324. The second kappa shape index (κ2) is 8.89. The van der Waals surface area contributed by atoms with E-state index in [-0.39, 0.29) is 11.9 Å². The van der Waals surface area contributed by atoms with Crippen molar-refractivity contribution in [3.05, 3.63) is 70.8 Å². The van der Waals surface area contributed by atoms with Crippen molar-refractivity contribution in [1.82, 2.24) is 10.2 Å². The van der Waals surface area contributed by atoms with Crippen LogP contribution in [0.4, 0.5) is 0 Å². The minimum atomic E-state index is -0.695. The second-order valence-electron chi connectivity index (χ2n) is 8.64. The summed E-state index contributed by atoms with van der Waals surface area (Å²) in [6, 6.07) is 16.4. The number of hydrogen-bond donors (Lipinski definition) is 2. The fourth-order valence-electron chi connectivity index (χ4n) is 3.77. The normalized spacial score (nSPS) is 15.7. The monoisotopic (exact) mass is 380 g/mol. The van der Waals surface area contributed by atoms with E-state index in [0.29, 0.717) is 12.0 Å². The van der Waals surface area contributed by atoms with Crippen molar-refractivity contribution < 1.29 is 9.90 Å². The van der Waals surface area contributed by atoms with Crippen LogP contribution in [0.2, 0.25) is 0 Å². The van der Waals surface area contributed by atoms with Crippen molar-refractivity contribution in [2.75, 3.05) is 13.1 Å². The summed E-state index contributed by atoms with van der Waals surface area (Å²) in [5.41, 5.74) is 3.91. The van der Waals surface area contributed by atoms with Gasteiger partial charge in [0.15, 0.2) is 0 Å². The number of nitrogens with zero attached hydrogens (tertiary/aromatic N) is 1. The average Bonchev–Trinajstić information content (AvgIpc) is 2.66. The summed E-state index contributed by atoms with van der Waals surface area (Å²) in [6.45, 7) is 8.51. The lowest BCUT2D eigenvalue weighted by Crippen LogP contribution is -2.43. The molecule has 4 heteroatoms. The van der Waals surface area contributed by atoms with E-state index < -0.39 is 5.60 Å². The quantitative estimate of drug-likeness (QED) is 0.772. The molecule has 0 saturated carbocycles. The molecule has 0 spiro atoms. The van der Waals surface area contributed by atoms with E-state index in [0.717, 1.165) is 38.0 Å². The Kier molecular flexibility index (Phi) is 6.53. The Hall–Kier alpha value is -2.17. The van der Waals surface area contributed by atoms with Crippen LogP contribution in [-0.2, 0) is 19.4 Å². The van der Waals surface area contributed by atoms with E-state index in [2.05, 4.69) is 41.4 Å². The zero-order chi connectivity index (χ0) is 20.1. The Balaban J connectivity index is 1.53. The van der Waals surface area contributed by atoms with Crippen molar-refractivity contribution in [2.24, 2.45) is 0 Å². The Bertz CT molecular complexity index is 810. The molecule has 1 heterocycles. The summed E-state index contributed by atoms with van der Waals surface area (Å²) in [5, 5.41) is 13.0. The van der Waals surface area contributed by atoms with Crippen molar-refractivity contribution in [3.8, 4) is 0 Å². The zero-order valence-corrected chi connectivity index (χ0v) is 17.2. The summed E-state index contributed by atoms with van der Waals surface area (Å²) in [4.78, 5) is 15.1. The van der Waals surface area contributed by atoms with Crippen LogP contribution < -0.4 is 5.32 Å². The van der Waals surface area contributed by atoms with E-state index in [4.69, 9.17) is 0 Å². The molecular formula is C24H32N2O2. The maximum atomic E-state index is 12.7. The largest absolute Gasteiger partial charge is 0.390 e. The van der Waals surface area contributed by atoms with Crippen molar-refractivity contribution in [2.45, 2.75) is 58.2 Å². The number of nitrogens with one attached hydrogen (secondary N) is 1. The topological polar surface area (TPSA) is 52.6 Å². The average molecular weight is 381 g/mol. The Labute approximate surface area is 168 Å². The third kappa shape index (κ3) is 5.91. The number of aryl methyl sites for hydroxylation is 1. The number of benzene rings is 2. The van der Waals surface area contributed by atoms with Gasteiger partial charge in [-0.2, -0.15) is 0 Å². The van der Waals surface area contributed by atoms with Crippen LogP contribution in [-0.4, -0.2) is 40.6 Å². The summed E-state index contributed by atoms with van der Waals surface area (Å²) in [7, 11) is 0. The molecule has 3 rings (SSSR count). The first kappa shape index (κ1) is 20.6. The lowest BCUT2D eigenvalue weighted by molar-refractivity contribution is 0.0714. The van der Waals surface area contributed by atoms with Gasteiger partial charge in [0.2, 0.25) is 0 Å². The van der Waals surface area contributed by atoms with Crippen LogP contribution in [0.1, 0.15) is 54.2 Å². The molecule has 2 aromatic rings. The molecule has 0 aliphatic carbocycles. The van der Waals surface area contributed by atoms with Gasteiger partial charge in [-0.1, -0.05) is 36.4 Å². The SMILES string of the molecule is C[C@@H](CN1CCc2ccccc2C1)NC(=O)c1cccc(CCC(C)(C)O)c1. The minimum Gasteiger partial charge on any atom is -0.390 e. The molecule has 2 aromatic carbocycles. The molecule has 1 atom stereocenters. The Morgan fingerprint density at radius 2 is 1.93 bits per heavy atom. The molecule has 0 fully saturated rings. The van der Waals surface area contributed by atoms with E-state index in [1.807, 2.05) is 38.1 Å². The molecule has 0 unspecified atom stereocenters. The van der Waals surface area contributed by atoms with Crippen LogP contribution in [0.15, 0.2) is 48.5 Å². The van der Waals surface area contributed by atoms with Crippen molar-refractivity contribution in [1.29, 1.82) is 0 Å². The predicted molar refractivity (Wildman–Crippen MR) is 113 cm³/mol. The van der Waals surface area contributed by atoms with Gasteiger partial charge in [-0.15, -0.1) is 0 Å². The molecule has 150 valence electrons. The highest BCUT2D eigenvalue weighted by Crippen LogP contribution is 2.19. The van der Waals surface area contributed by atoms with E-state index >= 15 is 0 Å². The molecule has 0 radical (unpaired) electrons. The number of amides is 1. The molecule has 0 bridgehead atoms. The first-order valence-corrected chi connectivity index (χ1v) is 10.2. The maximum absolute atomic E-state index is 12.7. The van der Waals surface area contributed by atoms with Gasteiger partial charge in [-0.3, -0.25) is 9.69 Å². The lowest BCUT2D eigenvalue weighted by Gasteiger charge is -2.31. The first-order valence-electron chi connectivity index (χ1n) is 10.2. The van der Waals surface area contributed by atoms with Gasteiger partial charge in [-0.05, 0) is 68.9 Å². The number of aliphatic hydroxyl groups is 1. The fraction of sp³-hybridized carbons (Fsp3) is 0.458. The fourth-order valence-corrected chi connectivity index (χ4v) is 3.77. The molecule has 0 saturated heterocycles. The maximum Gasteiger partial charge on any atom is 0.251 e. The molecule has 4 nitrogen and oxygen atoms in total. The van der Waals surface area contributed by atoms with Crippen LogP contribution in [0.3, 0.4) is 0 Å². The lowest BCUT2D eigenvalue weighted by atomic mass is 9.98. The van der Waals surface area contributed by atoms with Gasteiger partial charge < -0.3 is 10.4 Å². The molecular weight excluding hydrogens is 348 g/mol. The third-order valence-electron chi connectivity index (χ3n) is 5.33. The third-order valence-corrected chi connectivity index (χ3v) is 5.33. The Morgan fingerprint density at radius 1 is 1.18 bits per heavy atom. The number of hydrogen-bond acceptors (Lipinski definition) is 3. The van der Waals surface area contributed by atoms with Crippen LogP contribution >= 0.6 is 0 Å². The molecule has 2 N–H and O–H groups in total. The summed E-state index contributed by atoms with van der Waals surface area (Å²) < 4.78 is 0. The molecule has 28 heavy (non-hydrogen) atoms. The van der Waals surface area contributed by atoms with E-state index in [9.17, 15) is 9.90 Å². The smallest absolute Gasteiger partial charge is 0.251 e. The van der Waals surface area contributed by atoms with Gasteiger partial charge in [-0.25, -0.2) is 0 Å². The first-order chi connectivity index (χ1) is 13.3. The number of fused-ring (bicyclic) bond motifs is 1. The number of rotatable bonds is 7. The van der Waals surface area contributed by atoms with Gasteiger partial charge in [0.1, 0.15) is 0 Å². The highest BCUT2D eigenvalue weighted by Gasteiger charge is 2.19. The van der Waals surface area contributed by atoms with Crippen LogP contribution in [0.25, 0.3) is 0 Å². The standard InChI is InChI=1S/C24H32N2O2/c1-18(16-26-14-12-20-8-4-5-9-22(20)17-26)25-23(27)21-10-6-7-19(15-21)11-13-24(2,3)28/h4-10,15,18,28H,11-14,16-17H2,1-3H3,(H,25,27)/t18-/m0/s1. The highest BCUT2D eigenvalue weighted by atomic mass is 16.3. The van der Waals surface area contributed by atoms with Crippen molar-refractivity contribution >= 4 is 5.91 Å². The van der Waals surface area contributed by atoms with E-state index in [1.54, 1.807) is 0 Å². The van der Waals surface area contributed by atoms with Crippen LogP contribution in [0, 0.1) is 0 Å². The molecule has 0 aromatic heterocycles. The molecule has 1 aliphatic rings.